The molecule has 0 aliphatic carbocycles. The first-order valence-electron chi connectivity index (χ1n) is 12.8. The van der Waals surface area contributed by atoms with E-state index in [1.54, 1.807) is 60.7 Å². The summed E-state index contributed by atoms with van der Waals surface area (Å²) in [6.45, 7) is 1.55. The number of nitrogens with one attached hydrogen (secondary N) is 3. The highest BCUT2D eigenvalue weighted by molar-refractivity contribution is 5.95. The zero-order chi connectivity index (χ0) is 26.9. The minimum absolute atomic E-state index is 0.0724. The van der Waals surface area contributed by atoms with Gasteiger partial charge < -0.3 is 26.0 Å². The second kappa shape index (κ2) is 12.8. The Morgan fingerprint density at radius 1 is 0.947 bits per heavy atom. The highest BCUT2D eigenvalue weighted by atomic mass is 16.3. The lowest BCUT2D eigenvalue weighted by molar-refractivity contribution is 0.0915. The molecule has 1 aromatic heterocycles. The van der Waals surface area contributed by atoms with Gasteiger partial charge in [-0.1, -0.05) is 24.3 Å². The lowest BCUT2D eigenvalue weighted by Crippen LogP contribution is -2.45. The average Bonchev–Trinajstić information content (AvgIpc) is 2.99. The number of carbonyl (C=O) groups is 3. The minimum atomic E-state index is -0.663. The Kier molecular flexibility index (Phi) is 9.05. The van der Waals surface area contributed by atoms with Crippen molar-refractivity contribution in [1.29, 1.82) is 0 Å². The molecule has 4 amide bonds. The van der Waals surface area contributed by atoms with Crippen molar-refractivity contribution in [3.8, 4) is 11.1 Å². The Morgan fingerprint density at radius 2 is 1.63 bits per heavy atom. The molecule has 0 spiro atoms. The molecule has 9 nitrogen and oxygen atoms in total. The lowest BCUT2D eigenvalue weighted by atomic mass is 9.96. The van der Waals surface area contributed by atoms with E-state index < -0.39 is 6.04 Å². The third kappa shape index (κ3) is 6.74. The molecule has 2 heterocycles. The van der Waals surface area contributed by atoms with Gasteiger partial charge in [0.2, 0.25) is 0 Å². The van der Waals surface area contributed by atoms with Gasteiger partial charge in [0, 0.05) is 50.2 Å². The predicted molar refractivity (Wildman–Crippen MR) is 144 cm³/mol. The molecule has 1 atom stereocenters. The highest BCUT2D eigenvalue weighted by Gasteiger charge is 2.23. The number of hydrogen-bond donors (Lipinski definition) is 4. The standard InChI is InChI=1S/C29H33N5O4/c1-30-29(38)34-15-11-20(12-16-34)18-32-27(36)25-4-2-3-24(17-25)26(19-35)33-28(37)23-7-5-21(6-8-23)22-9-13-31-14-10-22/h2-10,13-14,17,20,26,35H,11-12,15-16,18-19H2,1H3,(H,30,38)(H,32,36)(H,33,37)/t26-/m1/s1. The van der Waals surface area contributed by atoms with Crippen LogP contribution in [0.15, 0.2) is 73.1 Å². The lowest BCUT2D eigenvalue weighted by Gasteiger charge is -2.31. The van der Waals surface area contributed by atoms with Crippen LogP contribution >= 0.6 is 0 Å². The molecule has 0 unspecified atom stereocenters. The van der Waals surface area contributed by atoms with E-state index in [0.29, 0.717) is 42.2 Å². The second-order valence-electron chi connectivity index (χ2n) is 9.34. The number of hydrogen-bond acceptors (Lipinski definition) is 5. The number of benzene rings is 2. The first kappa shape index (κ1) is 26.8. The minimum Gasteiger partial charge on any atom is -0.394 e. The van der Waals surface area contributed by atoms with Gasteiger partial charge in [-0.3, -0.25) is 14.6 Å². The fraction of sp³-hybridized carbons (Fsp3) is 0.310. The topological polar surface area (TPSA) is 124 Å². The van der Waals surface area contributed by atoms with Gasteiger partial charge in [-0.05, 0) is 71.8 Å². The van der Waals surface area contributed by atoms with Gasteiger partial charge in [0.05, 0.1) is 12.6 Å². The van der Waals surface area contributed by atoms with E-state index in [9.17, 15) is 19.5 Å². The van der Waals surface area contributed by atoms with Crippen LogP contribution in [0.25, 0.3) is 11.1 Å². The van der Waals surface area contributed by atoms with Crippen molar-refractivity contribution in [2.45, 2.75) is 18.9 Å². The molecule has 4 rings (SSSR count). The molecule has 0 bridgehead atoms. The largest absolute Gasteiger partial charge is 0.394 e. The number of rotatable bonds is 8. The summed E-state index contributed by atoms with van der Waals surface area (Å²) >= 11 is 0. The van der Waals surface area contributed by atoms with Crippen molar-refractivity contribution in [1.82, 2.24) is 25.8 Å². The van der Waals surface area contributed by atoms with Crippen LogP contribution in [0, 0.1) is 5.92 Å². The van der Waals surface area contributed by atoms with E-state index in [0.717, 1.165) is 24.0 Å². The third-order valence-electron chi connectivity index (χ3n) is 6.87. The molecule has 2 aromatic carbocycles. The van der Waals surface area contributed by atoms with Crippen LogP contribution in [-0.4, -0.2) is 66.1 Å². The van der Waals surface area contributed by atoms with Gasteiger partial charge in [-0.15, -0.1) is 0 Å². The number of aromatic nitrogens is 1. The molecule has 1 aliphatic rings. The summed E-state index contributed by atoms with van der Waals surface area (Å²) < 4.78 is 0. The summed E-state index contributed by atoms with van der Waals surface area (Å²) in [5, 5.41) is 18.5. The maximum absolute atomic E-state index is 12.9. The number of urea groups is 1. The monoisotopic (exact) mass is 515 g/mol. The Balaban J connectivity index is 1.33. The van der Waals surface area contributed by atoms with Crippen LogP contribution in [0.1, 0.15) is 45.2 Å². The molecule has 0 radical (unpaired) electrons. The number of piperidine rings is 1. The quantitative estimate of drug-likeness (QED) is 0.367. The van der Waals surface area contributed by atoms with Crippen LogP contribution < -0.4 is 16.0 Å². The maximum Gasteiger partial charge on any atom is 0.317 e. The number of pyridine rings is 1. The molecule has 0 saturated carbocycles. The Hall–Kier alpha value is -4.24. The van der Waals surface area contributed by atoms with Crippen molar-refractivity contribution < 1.29 is 19.5 Å². The van der Waals surface area contributed by atoms with Crippen LogP contribution in [-0.2, 0) is 0 Å². The number of nitrogens with zero attached hydrogens (tertiary/aromatic N) is 2. The van der Waals surface area contributed by atoms with Gasteiger partial charge in [0.15, 0.2) is 0 Å². The summed E-state index contributed by atoms with van der Waals surface area (Å²) in [6.07, 6.45) is 5.09. The molecule has 9 heteroatoms. The van der Waals surface area contributed by atoms with Crippen LogP contribution in [0.2, 0.25) is 0 Å². The summed E-state index contributed by atoms with van der Waals surface area (Å²) in [5.41, 5.74) is 3.54. The van der Waals surface area contributed by atoms with Gasteiger partial charge in [0.25, 0.3) is 11.8 Å². The zero-order valence-electron chi connectivity index (χ0n) is 21.4. The van der Waals surface area contributed by atoms with Gasteiger partial charge in [0.1, 0.15) is 0 Å². The summed E-state index contributed by atoms with van der Waals surface area (Å²) in [4.78, 5) is 43.2. The third-order valence-corrected chi connectivity index (χ3v) is 6.87. The molecule has 3 aromatic rings. The van der Waals surface area contributed by atoms with E-state index in [2.05, 4.69) is 20.9 Å². The van der Waals surface area contributed by atoms with Crippen molar-refractivity contribution in [2.75, 3.05) is 33.3 Å². The van der Waals surface area contributed by atoms with Crippen molar-refractivity contribution in [2.24, 2.45) is 5.92 Å². The first-order valence-corrected chi connectivity index (χ1v) is 12.8. The van der Waals surface area contributed by atoms with E-state index in [-0.39, 0.29) is 24.5 Å². The summed E-state index contributed by atoms with van der Waals surface area (Å²) in [5.74, 6) is -0.226. The molecule has 1 aliphatic heterocycles. The molecule has 198 valence electrons. The Labute approximate surface area is 222 Å². The Bertz CT molecular complexity index is 1240. The van der Waals surface area contributed by atoms with Gasteiger partial charge >= 0.3 is 6.03 Å². The Morgan fingerprint density at radius 3 is 2.29 bits per heavy atom. The van der Waals surface area contributed by atoms with Crippen molar-refractivity contribution in [3.05, 3.63) is 89.7 Å². The van der Waals surface area contributed by atoms with E-state index in [1.807, 2.05) is 24.3 Å². The van der Waals surface area contributed by atoms with Crippen LogP contribution in [0.5, 0.6) is 0 Å². The molecule has 1 saturated heterocycles. The number of aliphatic hydroxyl groups is 1. The normalized spacial score (nSPS) is 14.4. The number of likely N-dealkylation sites (tertiary alicyclic amines) is 1. The summed E-state index contributed by atoms with van der Waals surface area (Å²) in [7, 11) is 1.62. The van der Waals surface area contributed by atoms with E-state index in [4.69, 9.17) is 0 Å². The van der Waals surface area contributed by atoms with E-state index >= 15 is 0 Å². The SMILES string of the molecule is CNC(=O)N1CCC(CNC(=O)c2cccc([C@@H](CO)NC(=O)c3ccc(-c4ccncc4)cc3)c2)CC1. The summed E-state index contributed by atoms with van der Waals surface area (Å²) in [6, 6.07) is 17.2. The number of amides is 4. The first-order chi connectivity index (χ1) is 18.5. The highest BCUT2D eigenvalue weighted by Crippen LogP contribution is 2.21. The molecular weight excluding hydrogens is 482 g/mol. The molecule has 1 fully saturated rings. The fourth-order valence-corrected chi connectivity index (χ4v) is 4.57. The fourth-order valence-electron chi connectivity index (χ4n) is 4.57. The predicted octanol–water partition coefficient (Wildman–Crippen LogP) is 2.99. The van der Waals surface area contributed by atoms with Gasteiger partial charge in [-0.2, -0.15) is 0 Å². The molecule has 4 N–H and O–H groups in total. The van der Waals surface area contributed by atoms with E-state index in [1.165, 1.54) is 0 Å². The second-order valence-corrected chi connectivity index (χ2v) is 9.34. The average molecular weight is 516 g/mol. The molecular formula is C29H33N5O4. The van der Waals surface area contributed by atoms with Gasteiger partial charge in [-0.25, -0.2) is 4.79 Å². The maximum atomic E-state index is 12.9. The zero-order valence-corrected chi connectivity index (χ0v) is 21.4. The van der Waals surface area contributed by atoms with Crippen LogP contribution in [0.3, 0.4) is 0 Å². The molecule has 38 heavy (non-hydrogen) atoms. The van der Waals surface area contributed by atoms with Crippen molar-refractivity contribution >= 4 is 17.8 Å². The number of carbonyl (C=O) groups excluding carboxylic acids is 3. The smallest absolute Gasteiger partial charge is 0.317 e. The van der Waals surface area contributed by atoms with Crippen LogP contribution in [0.4, 0.5) is 4.79 Å². The van der Waals surface area contributed by atoms with Crippen molar-refractivity contribution in [3.63, 3.8) is 0 Å². The number of aliphatic hydroxyl groups excluding tert-OH is 1.